The van der Waals surface area contributed by atoms with Gasteiger partial charge in [-0.05, 0) is 42.8 Å². The molecule has 9 nitrogen and oxygen atoms in total. The van der Waals surface area contributed by atoms with Crippen molar-refractivity contribution in [1.29, 1.82) is 0 Å². The van der Waals surface area contributed by atoms with Crippen molar-refractivity contribution in [3.05, 3.63) is 58.9 Å². The minimum Gasteiger partial charge on any atom is -0.325 e. The van der Waals surface area contributed by atoms with Gasteiger partial charge in [0.05, 0.1) is 21.6 Å². The summed E-state index contributed by atoms with van der Waals surface area (Å²) >= 11 is 1.20. The Morgan fingerprint density at radius 1 is 1.09 bits per heavy atom. The van der Waals surface area contributed by atoms with Gasteiger partial charge in [-0.25, -0.2) is 8.42 Å². The van der Waals surface area contributed by atoms with Crippen LogP contribution in [-0.4, -0.2) is 45.5 Å². The van der Waals surface area contributed by atoms with E-state index < -0.39 is 9.84 Å². The molecule has 166 valence electrons. The molecule has 0 saturated heterocycles. The van der Waals surface area contributed by atoms with Crippen LogP contribution in [0.3, 0.4) is 0 Å². The number of hydrogen-bond donors (Lipinski definition) is 1. The van der Waals surface area contributed by atoms with Gasteiger partial charge in [-0.2, -0.15) is 0 Å². The molecule has 0 saturated carbocycles. The molecule has 0 radical (unpaired) electrons. The lowest BCUT2D eigenvalue weighted by Crippen LogP contribution is -2.23. The van der Waals surface area contributed by atoms with Crippen LogP contribution in [0.2, 0.25) is 0 Å². The van der Waals surface area contributed by atoms with Crippen LogP contribution in [0.5, 0.6) is 0 Å². The van der Waals surface area contributed by atoms with Crippen LogP contribution in [0.1, 0.15) is 13.3 Å². The van der Waals surface area contributed by atoms with Crippen LogP contribution < -0.4 is 10.9 Å². The average molecular weight is 472 g/mol. The fraction of sp³-hybridized carbons (Fsp3) is 0.238. The summed E-state index contributed by atoms with van der Waals surface area (Å²) in [7, 11) is -3.30. The molecule has 0 spiro atoms. The van der Waals surface area contributed by atoms with Crippen LogP contribution in [0.15, 0.2) is 63.4 Å². The number of carbonyl (C=O) groups is 1. The molecule has 0 aliphatic rings. The third-order valence-electron chi connectivity index (χ3n) is 4.82. The summed E-state index contributed by atoms with van der Waals surface area (Å²) in [5.41, 5.74) is 1.06. The van der Waals surface area contributed by atoms with Crippen molar-refractivity contribution in [2.24, 2.45) is 0 Å². The maximum atomic E-state index is 12.9. The predicted octanol–water partition coefficient (Wildman–Crippen LogP) is 2.59. The molecule has 2 heterocycles. The summed E-state index contributed by atoms with van der Waals surface area (Å²) in [5.74, 6) is 0.232. The zero-order chi connectivity index (χ0) is 22.9. The minimum atomic E-state index is -3.30. The van der Waals surface area contributed by atoms with E-state index in [0.29, 0.717) is 34.1 Å². The molecule has 1 amide bonds. The van der Waals surface area contributed by atoms with Gasteiger partial charge in [0, 0.05) is 18.5 Å². The van der Waals surface area contributed by atoms with Crippen LogP contribution in [-0.2, 0) is 21.2 Å². The van der Waals surface area contributed by atoms with E-state index in [2.05, 4.69) is 15.5 Å². The van der Waals surface area contributed by atoms with E-state index in [1.54, 1.807) is 27.2 Å². The zero-order valence-corrected chi connectivity index (χ0v) is 19.1. The van der Waals surface area contributed by atoms with Gasteiger partial charge in [0.1, 0.15) is 0 Å². The molecule has 0 aliphatic carbocycles. The lowest BCUT2D eigenvalue weighted by molar-refractivity contribution is -0.113. The highest BCUT2D eigenvalue weighted by Crippen LogP contribution is 2.22. The van der Waals surface area contributed by atoms with Crippen molar-refractivity contribution in [1.82, 2.24) is 19.2 Å². The molecule has 0 aliphatic heterocycles. The number of fused-ring (bicyclic) bond motifs is 3. The van der Waals surface area contributed by atoms with Gasteiger partial charge in [0.15, 0.2) is 15.0 Å². The number of anilines is 1. The lowest BCUT2D eigenvalue weighted by atomic mass is 10.2. The number of nitrogens with one attached hydrogen (secondary N) is 1. The van der Waals surface area contributed by atoms with Gasteiger partial charge < -0.3 is 5.32 Å². The molecule has 0 bridgehead atoms. The molecule has 2 aromatic heterocycles. The van der Waals surface area contributed by atoms with Gasteiger partial charge >= 0.3 is 0 Å². The van der Waals surface area contributed by atoms with Crippen molar-refractivity contribution in [2.45, 2.75) is 29.9 Å². The van der Waals surface area contributed by atoms with E-state index in [0.717, 1.165) is 12.7 Å². The third kappa shape index (κ3) is 4.26. The molecule has 11 heteroatoms. The first-order valence-corrected chi connectivity index (χ1v) is 12.8. The molecule has 0 atom stereocenters. The topological polar surface area (TPSA) is 115 Å². The second kappa shape index (κ2) is 8.75. The number of rotatable bonds is 7. The Balaban J connectivity index is 1.58. The van der Waals surface area contributed by atoms with E-state index >= 15 is 0 Å². The van der Waals surface area contributed by atoms with Crippen molar-refractivity contribution >= 4 is 49.9 Å². The minimum absolute atomic E-state index is 0.0653. The predicted molar refractivity (Wildman–Crippen MR) is 124 cm³/mol. The molecular weight excluding hydrogens is 450 g/mol. The van der Waals surface area contributed by atoms with Crippen molar-refractivity contribution < 1.29 is 13.2 Å². The number of thioether (sulfide) groups is 1. The second-order valence-corrected chi connectivity index (χ2v) is 10.2. The number of aromatic nitrogens is 4. The Morgan fingerprint density at radius 3 is 2.50 bits per heavy atom. The molecular formula is C21H21N5O4S2. The van der Waals surface area contributed by atoms with Gasteiger partial charge in [0.25, 0.3) is 5.56 Å². The summed E-state index contributed by atoms with van der Waals surface area (Å²) in [4.78, 5) is 25.5. The summed E-state index contributed by atoms with van der Waals surface area (Å²) < 4.78 is 26.5. The fourth-order valence-corrected chi connectivity index (χ4v) is 4.74. The number of aryl methyl sites for hydroxylation is 1. The monoisotopic (exact) mass is 471 g/mol. The number of para-hydroxylation sites is 1. The summed E-state index contributed by atoms with van der Waals surface area (Å²) in [5, 5.41) is 12.2. The normalized spacial score (nSPS) is 11.8. The lowest BCUT2D eigenvalue weighted by Gasteiger charge is -2.10. The first-order valence-electron chi connectivity index (χ1n) is 9.89. The Kier molecular flexibility index (Phi) is 6.02. The molecule has 4 aromatic rings. The van der Waals surface area contributed by atoms with E-state index in [4.69, 9.17) is 0 Å². The third-order valence-corrected chi connectivity index (χ3v) is 6.88. The molecule has 32 heavy (non-hydrogen) atoms. The van der Waals surface area contributed by atoms with Crippen molar-refractivity contribution in [2.75, 3.05) is 17.3 Å². The van der Waals surface area contributed by atoms with Gasteiger partial charge in [0.2, 0.25) is 11.7 Å². The van der Waals surface area contributed by atoms with Crippen LogP contribution in [0, 0.1) is 0 Å². The van der Waals surface area contributed by atoms with Crippen molar-refractivity contribution in [3.8, 4) is 0 Å². The second-order valence-electron chi connectivity index (χ2n) is 7.23. The molecule has 0 fully saturated rings. The Bertz CT molecular complexity index is 1470. The molecule has 2 aromatic carbocycles. The first kappa shape index (κ1) is 22.0. The highest BCUT2D eigenvalue weighted by Gasteiger charge is 2.17. The summed E-state index contributed by atoms with van der Waals surface area (Å²) in [6.07, 6.45) is 1.90. The Labute approximate surface area is 188 Å². The largest absolute Gasteiger partial charge is 0.325 e. The number of hydrogen-bond acceptors (Lipinski definition) is 7. The quantitative estimate of drug-likeness (QED) is 0.412. The van der Waals surface area contributed by atoms with E-state index in [9.17, 15) is 18.0 Å². The van der Waals surface area contributed by atoms with Crippen LogP contribution in [0.4, 0.5) is 5.69 Å². The van der Waals surface area contributed by atoms with E-state index in [1.807, 2.05) is 25.1 Å². The van der Waals surface area contributed by atoms with Gasteiger partial charge in [-0.3, -0.25) is 18.6 Å². The van der Waals surface area contributed by atoms with Gasteiger partial charge in [-0.15, -0.1) is 10.2 Å². The fourth-order valence-electron chi connectivity index (χ4n) is 3.36. The smallest absolute Gasteiger partial charge is 0.262 e. The maximum absolute atomic E-state index is 12.9. The van der Waals surface area contributed by atoms with Crippen molar-refractivity contribution in [3.63, 3.8) is 0 Å². The standard InChI is InChI=1S/C21H21N5O4S2/c1-3-12-25-19(28)16-6-4-5-7-17(16)26-20(25)23-24-21(26)31-13-18(27)22-14-8-10-15(11-9-14)32(2,29)30/h4-11H,3,12-13H2,1-2H3,(H,22,27). The first-order chi connectivity index (χ1) is 15.3. The number of nitrogens with zero attached hydrogens (tertiary/aromatic N) is 4. The van der Waals surface area contributed by atoms with Crippen LogP contribution in [0.25, 0.3) is 16.7 Å². The molecule has 1 N–H and O–H groups in total. The van der Waals surface area contributed by atoms with Crippen LogP contribution >= 0.6 is 11.8 Å². The Hall–Kier alpha value is -3.18. The highest BCUT2D eigenvalue weighted by molar-refractivity contribution is 7.99. The number of carbonyl (C=O) groups excluding carboxylic acids is 1. The Morgan fingerprint density at radius 2 is 1.81 bits per heavy atom. The van der Waals surface area contributed by atoms with E-state index in [-0.39, 0.29) is 22.1 Å². The number of amides is 1. The maximum Gasteiger partial charge on any atom is 0.262 e. The summed E-state index contributed by atoms with van der Waals surface area (Å²) in [6, 6.07) is 13.2. The highest BCUT2D eigenvalue weighted by atomic mass is 32.2. The number of sulfone groups is 1. The van der Waals surface area contributed by atoms with E-state index in [1.165, 1.54) is 23.9 Å². The SMILES string of the molecule is CCCn1c(=O)c2ccccc2n2c(SCC(=O)Nc3ccc(S(C)(=O)=O)cc3)nnc12. The van der Waals surface area contributed by atoms with Gasteiger partial charge in [-0.1, -0.05) is 30.8 Å². The average Bonchev–Trinajstić information content (AvgIpc) is 3.19. The number of benzene rings is 2. The summed E-state index contributed by atoms with van der Waals surface area (Å²) in [6.45, 7) is 2.50. The zero-order valence-electron chi connectivity index (χ0n) is 17.5. The molecule has 4 rings (SSSR count). The molecule has 0 unspecified atom stereocenters.